The molecule has 2 atom stereocenters. The molecule has 1 aromatic carbocycles. The van der Waals surface area contributed by atoms with Crippen LogP contribution < -0.4 is 4.72 Å². The molecular formula is C13H17BrCl2N2O2S. The first-order valence-corrected chi connectivity index (χ1v) is 9.59. The van der Waals surface area contributed by atoms with Gasteiger partial charge in [0.15, 0.2) is 0 Å². The van der Waals surface area contributed by atoms with E-state index in [1.165, 1.54) is 12.1 Å². The third kappa shape index (κ3) is 4.12. The fraction of sp³-hybridized carbons (Fsp3) is 0.538. The first-order chi connectivity index (χ1) is 9.70. The van der Waals surface area contributed by atoms with Gasteiger partial charge in [0, 0.05) is 17.1 Å². The normalized spacial score (nSPS) is 24.2. The van der Waals surface area contributed by atoms with E-state index in [4.69, 9.17) is 23.2 Å². The minimum Gasteiger partial charge on any atom is -0.306 e. The molecule has 1 heterocycles. The van der Waals surface area contributed by atoms with E-state index in [9.17, 15) is 8.42 Å². The van der Waals surface area contributed by atoms with E-state index >= 15 is 0 Å². The van der Waals surface area contributed by atoms with Crippen molar-refractivity contribution in [1.29, 1.82) is 0 Å². The molecule has 8 heteroatoms. The topological polar surface area (TPSA) is 49.4 Å². The molecule has 4 nitrogen and oxygen atoms in total. The average molecular weight is 416 g/mol. The smallest absolute Gasteiger partial charge is 0.243 e. The van der Waals surface area contributed by atoms with Crippen LogP contribution in [-0.4, -0.2) is 39.5 Å². The second-order valence-electron chi connectivity index (χ2n) is 5.45. The summed E-state index contributed by atoms with van der Waals surface area (Å²) in [7, 11) is -1.71. The van der Waals surface area contributed by atoms with Crippen LogP contribution in [0.5, 0.6) is 0 Å². The summed E-state index contributed by atoms with van der Waals surface area (Å²) in [5.74, 6) is 0.228. The van der Waals surface area contributed by atoms with Crippen molar-refractivity contribution in [2.24, 2.45) is 5.92 Å². The maximum Gasteiger partial charge on any atom is 0.243 e. The summed E-state index contributed by atoms with van der Waals surface area (Å²) < 4.78 is 28.5. The lowest BCUT2D eigenvalue weighted by Gasteiger charge is -2.35. The fourth-order valence-electron chi connectivity index (χ4n) is 2.57. The van der Waals surface area contributed by atoms with Gasteiger partial charge in [-0.3, -0.25) is 0 Å². The molecule has 1 aliphatic rings. The molecule has 0 spiro atoms. The zero-order chi connectivity index (χ0) is 15.8. The Labute approximate surface area is 144 Å². The highest BCUT2D eigenvalue weighted by molar-refractivity contribution is 9.10. The van der Waals surface area contributed by atoms with Gasteiger partial charge in [-0.05, 0) is 38.1 Å². The minimum atomic E-state index is -3.74. The molecule has 0 bridgehead atoms. The van der Waals surface area contributed by atoms with Crippen LogP contribution in [0.2, 0.25) is 10.0 Å². The van der Waals surface area contributed by atoms with Gasteiger partial charge in [0.2, 0.25) is 10.0 Å². The van der Waals surface area contributed by atoms with Crippen LogP contribution >= 0.6 is 39.1 Å². The lowest BCUT2D eigenvalue weighted by atomic mass is 9.95. The van der Waals surface area contributed by atoms with E-state index in [2.05, 4.69) is 25.6 Å². The Hall–Kier alpha value is 0.150. The highest BCUT2D eigenvalue weighted by Gasteiger charge is 2.31. The molecule has 118 valence electrons. The molecule has 1 aromatic rings. The fourth-order valence-corrected chi connectivity index (χ4v) is 5.89. The summed E-state index contributed by atoms with van der Waals surface area (Å²) in [6.07, 6.45) is 0.767. The number of hydrogen-bond donors (Lipinski definition) is 1. The molecule has 2 unspecified atom stereocenters. The number of nitrogens with one attached hydrogen (secondary N) is 1. The Bertz CT molecular complexity index is 616. The number of piperidine rings is 1. The largest absolute Gasteiger partial charge is 0.306 e. The van der Waals surface area contributed by atoms with Crippen LogP contribution in [-0.2, 0) is 10.0 Å². The Kier molecular flexibility index (Phi) is 5.60. The van der Waals surface area contributed by atoms with Gasteiger partial charge in [-0.2, -0.15) is 0 Å². The first kappa shape index (κ1) is 17.5. The molecule has 0 radical (unpaired) electrons. The van der Waals surface area contributed by atoms with Crippen LogP contribution in [0.4, 0.5) is 0 Å². The third-order valence-electron chi connectivity index (χ3n) is 3.65. The van der Waals surface area contributed by atoms with Gasteiger partial charge in [-0.15, -0.1) is 0 Å². The summed E-state index contributed by atoms with van der Waals surface area (Å²) in [4.78, 5) is 2.13. The summed E-state index contributed by atoms with van der Waals surface area (Å²) in [5.41, 5.74) is 0. The Balaban J connectivity index is 2.27. The zero-order valence-corrected chi connectivity index (χ0v) is 15.7. The summed E-state index contributed by atoms with van der Waals surface area (Å²) in [5, 5.41) is 0.227. The van der Waals surface area contributed by atoms with Gasteiger partial charge in [-0.25, -0.2) is 13.1 Å². The van der Waals surface area contributed by atoms with E-state index in [1.807, 2.05) is 14.0 Å². The van der Waals surface area contributed by atoms with Crippen molar-refractivity contribution in [2.45, 2.75) is 24.3 Å². The predicted octanol–water partition coefficient (Wildman–Crippen LogP) is 3.37. The molecule has 0 saturated carbocycles. The van der Waals surface area contributed by atoms with Gasteiger partial charge in [0.1, 0.15) is 4.90 Å². The first-order valence-electron chi connectivity index (χ1n) is 6.56. The van der Waals surface area contributed by atoms with Crippen LogP contribution in [0.25, 0.3) is 0 Å². The number of likely N-dealkylation sites (tertiary alicyclic amines) is 1. The van der Waals surface area contributed by atoms with E-state index in [0.717, 1.165) is 19.5 Å². The minimum absolute atomic E-state index is 0.0554. The standard InChI is InChI=1S/C13H17BrCl2N2O2S/c1-8-7-18(2)4-3-12(8)17-21(19,20)13-10(15)5-9(14)6-11(13)16/h5-6,8,12,17H,3-4,7H2,1-2H3. The number of sulfonamides is 1. The van der Waals surface area contributed by atoms with E-state index in [0.29, 0.717) is 4.47 Å². The Morgan fingerprint density at radius 1 is 1.33 bits per heavy atom. The van der Waals surface area contributed by atoms with Crippen LogP contribution in [0, 0.1) is 5.92 Å². The number of rotatable bonds is 3. The van der Waals surface area contributed by atoms with Crippen molar-refractivity contribution < 1.29 is 8.42 Å². The van der Waals surface area contributed by atoms with Crippen LogP contribution in [0.15, 0.2) is 21.5 Å². The second-order valence-corrected chi connectivity index (χ2v) is 8.84. The molecular weight excluding hydrogens is 399 g/mol. The van der Waals surface area contributed by atoms with Gasteiger partial charge >= 0.3 is 0 Å². The average Bonchev–Trinajstić information content (AvgIpc) is 2.30. The Morgan fingerprint density at radius 2 is 1.90 bits per heavy atom. The zero-order valence-electron chi connectivity index (χ0n) is 11.7. The maximum atomic E-state index is 12.6. The maximum absolute atomic E-state index is 12.6. The molecule has 1 saturated heterocycles. The van der Waals surface area contributed by atoms with Gasteiger partial charge in [0.05, 0.1) is 10.0 Å². The highest BCUT2D eigenvalue weighted by atomic mass is 79.9. The van der Waals surface area contributed by atoms with Gasteiger partial charge in [-0.1, -0.05) is 46.1 Å². The number of halogens is 3. The molecule has 0 aromatic heterocycles. The summed E-state index contributed by atoms with van der Waals surface area (Å²) in [6.45, 7) is 3.75. The van der Waals surface area contributed by atoms with Crippen molar-refractivity contribution >= 4 is 49.2 Å². The quantitative estimate of drug-likeness (QED) is 0.823. The summed E-state index contributed by atoms with van der Waals surface area (Å²) in [6, 6.07) is 2.95. The van der Waals surface area contributed by atoms with E-state index in [-0.39, 0.29) is 26.9 Å². The van der Waals surface area contributed by atoms with Crippen molar-refractivity contribution in [3.8, 4) is 0 Å². The molecule has 2 rings (SSSR count). The molecule has 1 aliphatic heterocycles. The van der Waals surface area contributed by atoms with Crippen molar-refractivity contribution in [3.05, 3.63) is 26.7 Å². The monoisotopic (exact) mass is 414 g/mol. The SMILES string of the molecule is CC1CN(C)CCC1NS(=O)(=O)c1c(Cl)cc(Br)cc1Cl. The van der Waals surface area contributed by atoms with E-state index in [1.54, 1.807) is 0 Å². The highest BCUT2D eigenvalue weighted by Crippen LogP contribution is 2.33. The Morgan fingerprint density at radius 3 is 2.43 bits per heavy atom. The number of nitrogens with zero attached hydrogens (tertiary/aromatic N) is 1. The van der Waals surface area contributed by atoms with Crippen LogP contribution in [0.1, 0.15) is 13.3 Å². The van der Waals surface area contributed by atoms with Crippen molar-refractivity contribution in [1.82, 2.24) is 9.62 Å². The van der Waals surface area contributed by atoms with Gasteiger partial charge in [0.25, 0.3) is 0 Å². The predicted molar refractivity (Wildman–Crippen MR) is 89.5 cm³/mol. The lowest BCUT2D eigenvalue weighted by Crippen LogP contribution is -2.48. The number of hydrogen-bond acceptors (Lipinski definition) is 3. The van der Waals surface area contributed by atoms with Crippen molar-refractivity contribution in [3.63, 3.8) is 0 Å². The molecule has 1 fully saturated rings. The molecule has 1 N–H and O–H groups in total. The summed E-state index contributed by atoms with van der Waals surface area (Å²) >= 11 is 15.3. The van der Waals surface area contributed by atoms with Crippen LogP contribution in [0.3, 0.4) is 0 Å². The van der Waals surface area contributed by atoms with Crippen molar-refractivity contribution in [2.75, 3.05) is 20.1 Å². The number of benzene rings is 1. The van der Waals surface area contributed by atoms with E-state index < -0.39 is 10.0 Å². The third-order valence-corrected chi connectivity index (χ3v) is 6.52. The van der Waals surface area contributed by atoms with Gasteiger partial charge < -0.3 is 4.90 Å². The molecule has 0 amide bonds. The second kappa shape index (κ2) is 6.72. The lowest BCUT2D eigenvalue weighted by molar-refractivity contribution is 0.188. The molecule has 0 aliphatic carbocycles. The molecule has 21 heavy (non-hydrogen) atoms.